The normalized spacial score (nSPS) is 13.8. The van der Waals surface area contributed by atoms with E-state index in [1.807, 2.05) is 0 Å². The summed E-state index contributed by atoms with van der Waals surface area (Å²) in [5.74, 6) is -0.718. The van der Waals surface area contributed by atoms with E-state index in [2.05, 4.69) is 0 Å². The van der Waals surface area contributed by atoms with Crippen LogP contribution in [0.25, 0.3) is 0 Å². The number of hydrogen-bond acceptors (Lipinski definition) is 1. The van der Waals surface area contributed by atoms with E-state index in [0.29, 0.717) is 10.6 Å². The van der Waals surface area contributed by atoms with Crippen molar-refractivity contribution in [2.24, 2.45) is 5.73 Å². The minimum Gasteiger partial charge on any atom is -0.330 e. The van der Waals surface area contributed by atoms with Crippen molar-refractivity contribution in [1.82, 2.24) is 0 Å². The van der Waals surface area contributed by atoms with Crippen LogP contribution in [-0.4, -0.2) is 12.7 Å². The molecule has 0 bridgehead atoms. The first kappa shape index (κ1) is 14.6. The van der Waals surface area contributed by atoms with Crippen LogP contribution in [0.3, 0.4) is 0 Å². The Bertz CT molecular complexity index is 379. The molecule has 1 rings (SSSR count). The fourth-order valence-corrected chi connectivity index (χ4v) is 2.24. The van der Waals surface area contributed by atoms with Gasteiger partial charge in [-0.25, -0.2) is 0 Å². The number of benzene rings is 1. The van der Waals surface area contributed by atoms with Gasteiger partial charge in [0.25, 0.3) is 0 Å². The minimum absolute atomic E-state index is 0.180. The quantitative estimate of drug-likeness (QED) is 0.873. The Balaban J connectivity index is 2.97. The summed E-state index contributed by atoms with van der Waals surface area (Å²) >= 11 is 11.6. The van der Waals surface area contributed by atoms with Crippen LogP contribution in [-0.2, 0) is 0 Å². The highest BCUT2D eigenvalue weighted by atomic mass is 35.5. The van der Waals surface area contributed by atoms with E-state index >= 15 is 0 Å². The topological polar surface area (TPSA) is 26.0 Å². The van der Waals surface area contributed by atoms with E-state index in [0.717, 1.165) is 0 Å². The highest BCUT2D eigenvalue weighted by Gasteiger charge is 2.32. The second-order valence-corrected chi connectivity index (χ2v) is 4.60. The zero-order chi connectivity index (χ0) is 13.1. The minimum atomic E-state index is -4.23. The SMILES string of the molecule is NCCC(CC(F)(F)F)c1ccc(Cl)cc1Cl. The first-order valence-corrected chi connectivity index (χ1v) is 5.81. The lowest BCUT2D eigenvalue weighted by molar-refractivity contribution is -0.139. The average molecular weight is 286 g/mol. The third-order valence-electron chi connectivity index (χ3n) is 2.40. The molecular formula is C11H12Cl2F3N. The molecule has 17 heavy (non-hydrogen) atoms. The molecular weight excluding hydrogens is 274 g/mol. The predicted octanol–water partition coefficient (Wildman–Crippen LogP) is 4.38. The zero-order valence-electron chi connectivity index (χ0n) is 8.90. The second kappa shape index (κ2) is 5.94. The number of alkyl halides is 3. The number of nitrogens with two attached hydrogens (primary N) is 1. The number of rotatable bonds is 4. The smallest absolute Gasteiger partial charge is 0.330 e. The van der Waals surface area contributed by atoms with Gasteiger partial charge >= 0.3 is 6.18 Å². The average Bonchev–Trinajstić information content (AvgIpc) is 2.14. The Morgan fingerprint density at radius 1 is 1.24 bits per heavy atom. The summed E-state index contributed by atoms with van der Waals surface area (Å²) in [6.45, 7) is 0.180. The van der Waals surface area contributed by atoms with Gasteiger partial charge in [-0.05, 0) is 36.6 Å². The van der Waals surface area contributed by atoms with Crippen LogP contribution in [0, 0.1) is 0 Å². The number of halogens is 5. The molecule has 0 spiro atoms. The first-order chi connectivity index (χ1) is 7.83. The monoisotopic (exact) mass is 285 g/mol. The molecule has 2 N–H and O–H groups in total. The summed E-state index contributed by atoms with van der Waals surface area (Å²) in [6, 6.07) is 4.50. The molecule has 6 heteroatoms. The maximum Gasteiger partial charge on any atom is 0.389 e. The molecule has 96 valence electrons. The third kappa shape index (κ3) is 4.74. The van der Waals surface area contributed by atoms with Crippen molar-refractivity contribution < 1.29 is 13.2 Å². The van der Waals surface area contributed by atoms with Gasteiger partial charge in [-0.3, -0.25) is 0 Å². The molecule has 1 aromatic rings. The summed E-state index contributed by atoms with van der Waals surface area (Å²) in [6.07, 6.45) is -4.92. The van der Waals surface area contributed by atoms with Gasteiger partial charge < -0.3 is 5.73 Å². The summed E-state index contributed by atoms with van der Waals surface area (Å²) in [7, 11) is 0. The molecule has 0 aromatic heterocycles. The van der Waals surface area contributed by atoms with Gasteiger partial charge in [0.15, 0.2) is 0 Å². The van der Waals surface area contributed by atoms with Crippen molar-refractivity contribution in [2.45, 2.75) is 24.9 Å². The van der Waals surface area contributed by atoms with Crippen molar-refractivity contribution in [3.8, 4) is 0 Å². The van der Waals surface area contributed by atoms with Crippen molar-refractivity contribution >= 4 is 23.2 Å². The molecule has 1 unspecified atom stereocenters. The molecule has 0 radical (unpaired) electrons. The lowest BCUT2D eigenvalue weighted by Gasteiger charge is -2.19. The lowest BCUT2D eigenvalue weighted by Crippen LogP contribution is -2.17. The van der Waals surface area contributed by atoms with Crippen molar-refractivity contribution in [3.63, 3.8) is 0 Å². The van der Waals surface area contributed by atoms with E-state index in [9.17, 15) is 13.2 Å². The molecule has 0 aliphatic heterocycles. The van der Waals surface area contributed by atoms with Gasteiger partial charge in [-0.15, -0.1) is 0 Å². The highest BCUT2D eigenvalue weighted by molar-refractivity contribution is 6.35. The van der Waals surface area contributed by atoms with Crippen LogP contribution in [0.5, 0.6) is 0 Å². The second-order valence-electron chi connectivity index (χ2n) is 3.76. The van der Waals surface area contributed by atoms with E-state index in [1.54, 1.807) is 0 Å². The van der Waals surface area contributed by atoms with Gasteiger partial charge in [-0.1, -0.05) is 29.3 Å². The van der Waals surface area contributed by atoms with E-state index in [4.69, 9.17) is 28.9 Å². The van der Waals surface area contributed by atoms with Crippen molar-refractivity contribution in [1.29, 1.82) is 0 Å². The van der Waals surface area contributed by atoms with Crippen LogP contribution >= 0.6 is 23.2 Å². The fourth-order valence-electron chi connectivity index (χ4n) is 1.68. The molecule has 0 fully saturated rings. The fraction of sp³-hybridized carbons (Fsp3) is 0.455. The van der Waals surface area contributed by atoms with Crippen molar-refractivity contribution in [2.75, 3.05) is 6.54 Å². The predicted molar refractivity (Wildman–Crippen MR) is 63.5 cm³/mol. The highest BCUT2D eigenvalue weighted by Crippen LogP contribution is 2.37. The van der Waals surface area contributed by atoms with E-state index in [1.165, 1.54) is 18.2 Å². The summed E-state index contributed by atoms with van der Waals surface area (Å²) in [5, 5.41) is 0.650. The van der Waals surface area contributed by atoms with Crippen LogP contribution in [0.1, 0.15) is 24.3 Å². The Morgan fingerprint density at radius 3 is 2.35 bits per heavy atom. The molecule has 1 atom stereocenters. The van der Waals surface area contributed by atoms with Crippen LogP contribution < -0.4 is 5.73 Å². The molecule has 1 nitrogen and oxygen atoms in total. The molecule has 0 amide bonds. The molecule has 0 saturated carbocycles. The molecule has 0 saturated heterocycles. The van der Waals surface area contributed by atoms with E-state index < -0.39 is 18.5 Å². The Morgan fingerprint density at radius 2 is 1.88 bits per heavy atom. The first-order valence-electron chi connectivity index (χ1n) is 5.05. The molecule has 0 aliphatic rings. The molecule has 1 aromatic carbocycles. The Kier molecular flexibility index (Phi) is 5.10. The van der Waals surface area contributed by atoms with Gasteiger partial charge in [0.2, 0.25) is 0 Å². The van der Waals surface area contributed by atoms with E-state index in [-0.39, 0.29) is 18.0 Å². The van der Waals surface area contributed by atoms with Crippen LogP contribution in [0.4, 0.5) is 13.2 Å². The van der Waals surface area contributed by atoms with Gasteiger partial charge in [0.1, 0.15) is 0 Å². The zero-order valence-corrected chi connectivity index (χ0v) is 10.4. The van der Waals surface area contributed by atoms with Gasteiger partial charge in [0.05, 0.1) is 6.42 Å². The van der Waals surface area contributed by atoms with Gasteiger partial charge in [-0.2, -0.15) is 13.2 Å². The molecule has 0 heterocycles. The summed E-state index contributed by atoms with van der Waals surface area (Å²) < 4.78 is 37.2. The summed E-state index contributed by atoms with van der Waals surface area (Å²) in [5.41, 5.74) is 5.77. The van der Waals surface area contributed by atoms with Crippen molar-refractivity contribution in [3.05, 3.63) is 33.8 Å². The van der Waals surface area contributed by atoms with Crippen LogP contribution in [0.15, 0.2) is 18.2 Å². The third-order valence-corrected chi connectivity index (χ3v) is 2.96. The largest absolute Gasteiger partial charge is 0.389 e. The maximum absolute atomic E-state index is 12.4. The maximum atomic E-state index is 12.4. The Hall–Kier alpha value is -0.450. The van der Waals surface area contributed by atoms with Gasteiger partial charge in [0, 0.05) is 10.0 Å². The van der Waals surface area contributed by atoms with Crippen LogP contribution in [0.2, 0.25) is 10.0 Å². The number of hydrogen-bond donors (Lipinski definition) is 1. The Labute approximate surface area is 108 Å². The lowest BCUT2D eigenvalue weighted by atomic mass is 9.92. The molecule has 0 aliphatic carbocycles. The summed E-state index contributed by atoms with van der Waals surface area (Å²) in [4.78, 5) is 0. The standard InChI is InChI=1S/C11H12Cl2F3N/c12-8-1-2-9(10(13)5-8)7(3-4-17)6-11(14,15)16/h1-2,5,7H,3-4,6,17H2.